The van der Waals surface area contributed by atoms with Crippen molar-refractivity contribution in [2.45, 2.75) is 18.5 Å². The van der Waals surface area contributed by atoms with E-state index in [1.54, 1.807) is 0 Å². The first-order valence-corrected chi connectivity index (χ1v) is 9.01. The molecule has 166 valence electrons. The number of nitrogens with zero attached hydrogens (tertiary/aromatic N) is 1. The summed E-state index contributed by atoms with van der Waals surface area (Å²) in [6.45, 7) is 0.0599. The van der Waals surface area contributed by atoms with E-state index in [0.717, 1.165) is 35.4 Å². The monoisotopic (exact) mass is 446 g/mol. The molecule has 2 aromatic carbocycles. The SMILES string of the molecule is CON1CC[C@H](c2ccc(C(F)(F)F)cc2)[C@@H](C(=O)Nc2ccc(F)c(F)c2F)C1=O. The van der Waals surface area contributed by atoms with E-state index in [-0.39, 0.29) is 18.5 Å². The Morgan fingerprint density at radius 2 is 1.71 bits per heavy atom. The summed E-state index contributed by atoms with van der Waals surface area (Å²) in [4.78, 5) is 30.5. The van der Waals surface area contributed by atoms with Crippen LogP contribution >= 0.6 is 0 Å². The van der Waals surface area contributed by atoms with Crippen LogP contribution in [0.3, 0.4) is 0 Å². The first-order chi connectivity index (χ1) is 14.5. The zero-order valence-electron chi connectivity index (χ0n) is 16.0. The second-order valence-corrected chi connectivity index (χ2v) is 6.83. The zero-order valence-corrected chi connectivity index (χ0v) is 16.0. The average molecular weight is 446 g/mol. The molecule has 1 saturated heterocycles. The number of piperidine rings is 1. The van der Waals surface area contributed by atoms with Crippen LogP contribution < -0.4 is 5.32 Å². The molecular formula is C20H16F6N2O3. The van der Waals surface area contributed by atoms with Crippen molar-refractivity contribution in [1.29, 1.82) is 0 Å². The second-order valence-electron chi connectivity index (χ2n) is 6.83. The maximum atomic E-state index is 13.9. The number of halogens is 6. The van der Waals surface area contributed by atoms with Crippen LogP contribution in [0.2, 0.25) is 0 Å². The number of alkyl halides is 3. The predicted octanol–water partition coefficient (Wildman–Crippen LogP) is 4.25. The number of anilines is 1. The van der Waals surface area contributed by atoms with Gasteiger partial charge in [-0.25, -0.2) is 18.2 Å². The molecule has 2 amide bonds. The smallest absolute Gasteiger partial charge is 0.323 e. The Bertz CT molecular complexity index is 994. The van der Waals surface area contributed by atoms with Crippen molar-refractivity contribution in [3.63, 3.8) is 0 Å². The van der Waals surface area contributed by atoms with E-state index in [9.17, 15) is 35.9 Å². The van der Waals surface area contributed by atoms with E-state index in [0.29, 0.717) is 6.07 Å². The van der Waals surface area contributed by atoms with Crippen LogP contribution in [0.15, 0.2) is 36.4 Å². The molecule has 1 aliphatic heterocycles. The quantitative estimate of drug-likeness (QED) is 0.434. The molecule has 31 heavy (non-hydrogen) atoms. The summed E-state index contributed by atoms with van der Waals surface area (Å²) >= 11 is 0. The van der Waals surface area contributed by atoms with Gasteiger partial charge in [0.15, 0.2) is 17.5 Å². The van der Waals surface area contributed by atoms with Crippen LogP contribution in [-0.4, -0.2) is 30.5 Å². The van der Waals surface area contributed by atoms with Crippen LogP contribution in [0.4, 0.5) is 32.0 Å². The van der Waals surface area contributed by atoms with Gasteiger partial charge in [0.2, 0.25) is 5.91 Å². The predicted molar refractivity (Wildman–Crippen MR) is 96.0 cm³/mol. The van der Waals surface area contributed by atoms with Crippen LogP contribution in [0, 0.1) is 23.4 Å². The third kappa shape index (κ3) is 4.50. The average Bonchev–Trinajstić information content (AvgIpc) is 2.73. The van der Waals surface area contributed by atoms with Crippen molar-refractivity contribution < 1.29 is 40.8 Å². The fourth-order valence-corrected chi connectivity index (χ4v) is 3.45. The van der Waals surface area contributed by atoms with Gasteiger partial charge in [-0.1, -0.05) is 12.1 Å². The molecule has 0 aliphatic carbocycles. The van der Waals surface area contributed by atoms with Crippen LogP contribution in [0.1, 0.15) is 23.5 Å². The number of hydrogen-bond acceptors (Lipinski definition) is 3. The normalized spacial score (nSPS) is 19.5. The van der Waals surface area contributed by atoms with Crippen LogP contribution in [-0.2, 0) is 20.6 Å². The fourth-order valence-electron chi connectivity index (χ4n) is 3.45. The highest BCUT2D eigenvalue weighted by Crippen LogP contribution is 2.37. The molecule has 1 fully saturated rings. The highest BCUT2D eigenvalue weighted by atomic mass is 19.4. The van der Waals surface area contributed by atoms with Gasteiger partial charge in [0.25, 0.3) is 5.91 Å². The molecule has 2 aromatic rings. The van der Waals surface area contributed by atoms with Crippen molar-refractivity contribution in [2.24, 2.45) is 5.92 Å². The maximum Gasteiger partial charge on any atom is 0.416 e. The van der Waals surface area contributed by atoms with Crippen LogP contribution in [0.5, 0.6) is 0 Å². The number of carbonyl (C=O) groups excluding carboxylic acids is 2. The minimum atomic E-state index is -4.56. The summed E-state index contributed by atoms with van der Waals surface area (Å²) in [6, 6.07) is 5.36. The van der Waals surface area contributed by atoms with Gasteiger partial charge in [-0.05, 0) is 36.2 Å². The largest absolute Gasteiger partial charge is 0.416 e. The number of hydrogen-bond donors (Lipinski definition) is 1. The maximum absolute atomic E-state index is 13.9. The summed E-state index contributed by atoms with van der Waals surface area (Å²) in [5, 5.41) is 2.95. The Balaban J connectivity index is 1.93. The number of rotatable bonds is 4. The van der Waals surface area contributed by atoms with Gasteiger partial charge in [-0.2, -0.15) is 13.2 Å². The first kappa shape index (κ1) is 22.6. The number of benzene rings is 2. The first-order valence-electron chi connectivity index (χ1n) is 9.01. The lowest BCUT2D eigenvalue weighted by molar-refractivity contribution is -0.188. The van der Waals surface area contributed by atoms with Gasteiger partial charge in [-0.3, -0.25) is 14.4 Å². The summed E-state index contributed by atoms with van der Waals surface area (Å²) in [6.07, 6.45) is -4.40. The summed E-state index contributed by atoms with van der Waals surface area (Å²) in [5.41, 5.74) is -1.30. The molecule has 2 atom stereocenters. The minimum absolute atomic E-state index is 0.0599. The molecule has 1 N–H and O–H groups in total. The lowest BCUT2D eigenvalue weighted by atomic mass is 9.79. The molecule has 1 aliphatic rings. The summed E-state index contributed by atoms with van der Waals surface area (Å²) in [5.74, 6) is -9.11. The standard InChI is InChI=1S/C20H16F6N2O3/c1-31-28-9-8-12(10-2-4-11(5-3-10)20(24,25)26)15(19(28)30)18(29)27-14-7-6-13(21)16(22)17(14)23/h2-7,12,15H,8-9H2,1H3,(H,27,29)/t12-,15+/m1/s1. The van der Waals surface area contributed by atoms with E-state index in [1.807, 2.05) is 0 Å². The summed E-state index contributed by atoms with van der Waals surface area (Å²) in [7, 11) is 1.19. The second kappa shape index (κ2) is 8.58. The van der Waals surface area contributed by atoms with Gasteiger partial charge >= 0.3 is 6.18 Å². The number of hydroxylamine groups is 2. The van der Waals surface area contributed by atoms with Crippen molar-refractivity contribution in [1.82, 2.24) is 5.06 Å². The Hall–Kier alpha value is -3.08. The molecule has 0 bridgehead atoms. The molecule has 3 rings (SSSR count). The number of carbonyl (C=O) groups is 2. The lowest BCUT2D eigenvalue weighted by Crippen LogP contribution is -2.48. The van der Waals surface area contributed by atoms with Gasteiger partial charge in [0.1, 0.15) is 5.92 Å². The van der Waals surface area contributed by atoms with Gasteiger partial charge in [-0.15, -0.1) is 0 Å². The summed E-state index contributed by atoms with van der Waals surface area (Å²) < 4.78 is 79.0. The van der Waals surface area contributed by atoms with Crippen molar-refractivity contribution >= 4 is 17.5 Å². The lowest BCUT2D eigenvalue weighted by Gasteiger charge is -2.35. The Morgan fingerprint density at radius 1 is 1.06 bits per heavy atom. The van der Waals surface area contributed by atoms with Crippen molar-refractivity contribution in [3.8, 4) is 0 Å². The molecule has 0 spiro atoms. The Labute approximate surface area is 172 Å². The minimum Gasteiger partial charge on any atom is -0.323 e. The van der Waals surface area contributed by atoms with Crippen molar-refractivity contribution in [2.75, 3.05) is 19.0 Å². The molecule has 0 radical (unpaired) electrons. The highest BCUT2D eigenvalue weighted by molar-refractivity contribution is 6.07. The Kier molecular flexibility index (Phi) is 6.25. The molecule has 0 aromatic heterocycles. The third-order valence-electron chi connectivity index (χ3n) is 5.02. The molecule has 11 heteroatoms. The van der Waals surface area contributed by atoms with E-state index in [1.165, 1.54) is 7.11 Å². The molecule has 0 unspecified atom stereocenters. The van der Waals surface area contributed by atoms with E-state index in [4.69, 9.17) is 4.84 Å². The van der Waals surface area contributed by atoms with Crippen molar-refractivity contribution in [3.05, 3.63) is 65.0 Å². The van der Waals surface area contributed by atoms with E-state index < -0.39 is 58.5 Å². The molecule has 1 heterocycles. The number of nitrogens with one attached hydrogen (secondary N) is 1. The topological polar surface area (TPSA) is 58.6 Å². The molecular weight excluding hydrogens is 430 g/mol. The third-order valence-corrected chi connectivity index (χ3v) is 5.02. The molecule has 0 saturated carbocycles. The van der Waals surface area contributed by atoms with Gasteiger partial charge in [0.05, 0.1) is 18.4 Å². The van der Waals surface area contributed by atoms with Gasteiger partial charge in [0, 0.05) is 12.5 Å². The van der Waals surface area contributed by atoms with Crippen LogP contribution in [0.25, 0.3) is 0 Å². The van der Waals surface area contributed by atoms with E-state index in [2.05, 4.69) is 5.32 Å². The highest BCUT2D eigenvalue weighted by Gasteiger charge is 2.43. The van der Waals surface area contributed by atoms with E-state index >= 15 is 0 Å². The fraction of sp³-hybridized carbons (Fsp3) is 0.300. The zero-order chi connectivity index (χ0) is 22.9. The Morgan fingerprint density at radius 3 is 2.29 bits per heavy atom. The number of amides is 2. The van der Waals surface area contributed by atoms with Gasteiger partial charge < -0.3 is 5.32 Å². The molecule has 5 nitrogen and oxygen atoms in total.